The monoisotopic (exact) mass is 236 g/mol. The zero-order valence-corrected chi connectivity index (χ0v) is 11.0. The molecule has 96 valence electrons. The molecule has 17 heavy (non-hydrogen) atoms. The molecular formula is C14H24N2O. The molecule has 0 spiro atoms. The second-order valence-corrected chi connectivity index (χ2v) is 4.28. The number of rotatable bonds is 9. The molecule has 0 bridgehead atoms. The van der Waals surface area contributed by atoms with Crippen LogP contribution in [0.25, 0.3) is 0 Å². The summed E-state index contributed by atoms with van der Waals surface area (Å²) >= 11 is 0. The van der Waals surface area contributed by atoms with Crippen LogP contribution in [0, 0.1) is 0 Å². The van der Waals surface area contributed by atoms with Crippen molar-refractivity contribution < 1.29 is 4.74 Å². The van der Waals surface area contributed by atoms with E-state index in [1.54, 1.807) is 7.11 Å². The van der Waals surface area contributed by atoms with Crippen molar-refractivity contribution in [2.24, 2.45) is 0 Å². The Morgan fingerprint density at radius 1 is 1.12 bits per heavy atom. The smallest absolute Gasteiger partial charge is 0.0589 e. The van der Waals surface area contributed by atoms with E-state index in [0.717, 1.165) is 39.2 Å². The van der Waals surface area contributed by atoms with Crippen molar-refractivity contribution >= 4 is 0 Å². The van der Waals surface area contributed by atoms with Crippen LogP contribution in [0.15, 0.2) is 30.3 Å². The van der Waals surface area contributed by atoms with Crippen LogP contribution in [0.5, 0.6) is 0 Å². The summed E-state index contributed by atoms with van der Waals surface area (Å²) < 4.78 is 5.04. The molecule has 0 saturated heterocycles. The van der Waals surface area contributed by atoms with Gasteiger partial charge in [-0.2, -0.15) is 0 Å². The van der Waals surface area contributed by atoms with Crippen molar-refractivity contribution in [1.29, 1.82) is 0 Å². The Kier molecular flexibility index (Phi) is 7.63. The SMILES string of the molecule is COCCN(C)CCNCCc1ccccc1. The topological polar surface area (TPSA) is 24.5 Å². The van der Waals surface area contributed by atoms with Crippen LogP contribution in [0.4, 0.5) is 0 Å². The fourth-order valence-corrected chi connectivity index (χ4v) is 1.63. The van der Waals surface area contributed by atoms with Crippen molar-refractivity contribution in [1.82, 2.24) is 10.2 Å². The van der Waals surface area contributed by atoms with Gasteiger partial charge in [-0.1, -0.05) is 30.3 Å². The van der Waals surface area contributed by atoms with Gasteiger partial charge in [-0.15, -0.1) is 0 Å². The molecule has 1 aromatic carbocycles. The normalized spacial score (nSPS) is 11.0. The van der Waals surface area contributed by atoms with Crippen molar-refractivity contribution in [3.05, 3.63) is 35.9 Å². The van der Waals surface area contributed by atoms with Gasteiger partial charge in [0.05, 0.1) is 6.61 Å². The zero-order valence-electron chi connectivity index (χ0n) is 11.0. The molecule has 0 aliphatic heterocycles. The van der Waals surface area contributed by atoms with Gasteiger partial charge in [-0.05, 0) is 25.6 Å². The predicted octanol–water partition coefficient (Wildman–Crippen LogP) is 1.40. The first kappa shape index (κ1) is 14.2. The lowest BCUT2D eigenvalue weighted by molar-refractivity contribution is 0.161. The lowest BCUT2D eigenvalue weighted by atomic mass is 10.1. The van der Waals surface area contributed by atoms with Gasteiger partial charge < -0.3 is 15.0 Å². The van der Waals surface area contributed by atoms with Crippen LogP contribution in [-0.4, -0.2) is 51.8 Å². The summed E-state index contributed by atoms with van der Waals surface area (Å²) in [6.07, 6.45) is 1.10. The molecule has 0 heterocycles. The third-order valence-electron chi connectivity index (χ3n) is 2.78. The molecule has 0 radical (unpaired) electrons. The van der Waals surface area contributed by atoms with Crippen molar-refractivity contribution in [2.75, 3.05) is 46.9 Å². The Hall–Kier alpha value is -0.900. The Bertz CT molecular complexity index is 277. The van der Waals surface area contributed by atoms with Gasteiger partial charge in [0.25, 0.3) is 0 Å². The molecule has 3 nitrogen and oxygen atoms in total. The van der Waals surface area contributed by atoms with E-state index in [2.05, 4.69) is 47.6 Å². The lowest BCUT2D eigenvalue weighted by Gasteiger charge is -2.16. The standard InChI is InChI=1S/C14H24N2O/c1-16(12-13-17-2)11-10-15-9-8-14-6-4-3-5-7-14/h3-7,15H,8-13H2,1-2H3. The Labute approximate surface area is 105 Å². The van der Waals surface area contributed by atoms with E-state index in [1.807, 2.05) is 0 Å². The molecule has 0 amide bonds. The van der Waals surface area contributed by atoms with Gasteiger partial charge in [-0.3, -0.25) is 0 Å². The maximum Gasteiger partial charge on any atom is 0.0589 e. The molecule has 0 unspecified atom stereocenters. The highest BCUT2D eigenvalue weighted by atomic mass is 16.5. The number of hydrogen-bond acceptors (Lipinski definition) is 3. The van der Waals surface area contributed by atoms with E-state index in [4.69, 9.17) is 4.74 Å². The highest BCUT2D eigenvalue weighted by Crippen LogP contribution is 1.97. The fraction of sp³-hybridized carbons (Fsp3) is 0.571. The quantitative estimate of drug-likeness (QED) is 0.656. The van der Waals surface area contributed by atoms with Crippen molar-refractivity contribution in [2.45, 2.75) is 6.42 Å². The summed E-state index contributed by atoms with van der Waals surface area (Å²) in [7, 11) is 3.86. The maximum absolute atomic E-state index is 5.04. The number of hydrogen-bond donors (Lipinski definition) is 1. The lowest BCUT2D eigenvalue weighted by Crippen LogP contribution is -2.32. The molecule has 1 rings (SSSR count). The van der Waals surface area contributed by atoms with E-state index < -0.39 is 0 Å². The molecule has 0 atom stereocenters. The average Bonchev–Trinajstić information content (AvgIpc) is 2.37. The highest BCUT2D eigenvalue weighted by molar-refractivity contribution is 5.14. The van der Waals surface area contributed by atoms with E-state index >= 15 is 0 Å². The molecule has 0 fully saturated rings. The summed E-state index contributed by atoms with van der Waals surface area (Å²) in [5.41, 5.74) is 1.40. The first-order chi connectivity index (χ1) is 8.33. The van der Waals surface area contributed by atoms with Gasteiger partial charge >= 0.3 is 0 Å². The second kappa shape index (κ2) is 9.16. The highest BCUT2D eigenvalue weighted by Gasteiger charge is 1.97. The van der Waals surface area contributed by atoms with Gasteiger partial charge in [0.15, 0.2) is 0 Å². The molecule has 1 N–H and O–H groups in total. The number of benzene rings is 1. The summed E-state index contributed by atoms with van der Waals surface area (Å²) in [6, 6.07) is 10.6. The van der Waals surface area contributed by atoms with Gasteiger partial charge in [0, 0.05) is 26.7 Å². The minimum absolute atomic E-state index is 0.806. The van der Waals surface area contributed by atoms with E-state index in [1.165, 1.54) is 5.56 Å². The minimum atomic E-state index is 0.806. The predicted molar refractivity (Wildman–Crippen MR) is 72.4 cm³/mol. The number of nitrogens with zero attached hydrogens (tertiary/aromatic N) is 1. The first-order valence-electron chi connectivity index (χ1n) is 6.25. The van der Waals surface area contributed by atoms with Crippen LogP contribution in [0.2, 0.25) is 0 Å². The molecule has 0 aliphatic carbocycles. The number of likely N-dealkylation sites (N-methyl/N-ethyl adjacent to an activating group) is 1. The fourth-order valence-electron chi connectivity index (χ4n) is 1.63. The Morgan fingerprint density at radius 2 is 1.88 bits per heavy atom. The van der Waals surface area contributed by atoms with Gasteiger partial charge in [0.2, 0.25) is 0 Å². The summed E-state index contributed by atoms with van der Waals surface area (Å²) in [5.74, 6) is 0. The molecule has 0 saturated carbocycles. The number of methoxy groups -OCH3 is 1. The summed E-state index contributed by atoms with van der Waals surface area (Å²) in [4.78, 5) is 2.28. The molecule has 3 heteroatoms. The van der Waals surface area contributed by atoms with E-state index in [9.17, 15) is 0 Å². The van der Waals surface area contributed by atoms with Crippen LogP contribution >= 0.6 is 0 Å². The van der Waals surface area contributed by atoms with Crippen molar-refractivity contribution in [3.8, 4) is 0 Å². The van der Waals surface area contributed by atoms with E-state index in [0.29, 0.717) is 0 Å². The first-order valence-corrected chi connectivity index (χ1v) is 6.25. The zero-order chi connectivity index (χ0) is 12.3. The molecule has 0 aromatic heterocycles. The van der Waals surface area contributed by atoms with Crippen LogP contribution in [0.3, 0.4) is 0 Å². The number of ether oxygens (including phenoxy) is 1. The molecule has 0 aliphatic rings. The van der Waals surface area contributed by atoms with Crippen LogP contribution < -0.4 is 5.32 Å². The molecular weight excluding hydrogens is 212 g/mol. The summed E-state index contributed by atoms with van der Waals surface area (Å²) in [5, 5.41) is 3.46. The largest absolute Gasteiger partial charge is 0.383 e. The van der Waals surface area contributed by atoms with Crippen LogP contribution in [-0.2, 0) is 11.2 Å². The Morgan fingerprint density at radius 3 is 2.59 bits per heavy atom. The average molecular weight is 236 g/mol. The van der Waals surface area contributed by atoms with Crippen LogP contribution in [0.1, 0.15) is 5.56 Å². The van der Waals surface area contributed by atoms with Gasteiger partial charge in [-0.25, -0.2) is 0 Å². The Balaban J connectivity index is 1.97. The number of nitrogens with one attached hydrogen (secondary N) is 1. The molecule has 1 aromatic rings. The van der Waals surface area contributed by atoms with Gasteiger partial charge in [0.1, 0.15) is 0 Å². The summed E-state index contributed by atoms with van der Waals surface area (Å²) in [6.45, 7) is 4.95. The third kappa shape index (κ3) is 7.10. The van der Waals surface area contributed by atoms with E-state index in [-0.39, 0.29) is 0 Å². The minimum Gasteiger partial charge on any atom is -0.383 e. The second-order valence-electron chi connectivity index (χ2n) is 4.28. The maximum atomic E-state index is 5.04. The third-order valence-corrected chi connectivity index (χ3v) is 2.78. The van der Waals surface area contributed by atoms with Crippen molar-refractivity contribution in [3.63, 3.8) is 0 Å².